The lowest BCUT2D eigenvalue weighted by Gasteiger charge is -2.14. The molecule has 0 aromatic carbocycles. The Morgan fingerprint density at radius 3 is 2.70 bits per heavy atom. The van der Waals surface area contributed by atoms with Crippen LogP contribution in [-0.2, 0) is 19.1 Å². The molecule has 2 rings (SSSR count). The van der Waals surface area contributed by atoms with Crippen LogP contribution >= 0.6 is 11.3 Å². The molecule has 0 aliphatic rings. The number of aryl methyl sites for hydroxylation is 1. The fraction of sp³-hybridized carbons (Fsp3) is 0.429. The summed E-state index contributed by atoms with van der Waals surface area (Å²) >= 11 is 1.27. The first kappa shape index (κ1) is 14.6. The standard InChI is InChI=1S/C14H18N2O3S/c1-14(2,3)11-5-10(12(20-11)13(17)18)19-7-9-6-15-8-16(9)4/h5-6,8H,7H2,1-4H3,(H,17,18). The molecule has 0 unspecified atom stereocenters. The van der Waals surface area contributed by atoms with Gasteiger partial charge in [0.15, 0.2) is 4.88 Å². The van der Waals surface area contributed by atoms with Crippen LogP contribution in [0, 0.1) is 0 Å². The van der Waals surface area contributed by atoms with Gasteiger partial charge in [-0.2, -0.15) is 0 Å². The highest BCUT2D eigenvalue weighted by Crippen LogP contribution is 2.37. The number of ether oxygens (including phenoxy) is 1. The SMILES string of the molecule is Cn1cncc1COc1cc(C(C)(C)C)sc1C(=O)O. The Morgan fingerprint density at radius 1 is 1.50 bits per heavy atom. The summed E-state index contributed by atoms with van der Waals surface area (Å²) in [5.41, 5.74) is 0.799. The van der Waals surface area contributed by atoms with E-state index in [4.69, 9.17) is 4.74 Å². The fourth-order valence-corrected chi connectivity index (χ4v) is 2.67. The zero-order valence-corrected chi connectivity index (χ0v) is 12.8. The highest BCUT2D eigenvalue weighted by molar-refractivity contribution is 7.14. The lowest BCUT2D eigenvalue weighted by atomic mass is 9.95. The van der Waals surface area contributed by atoms with Gasteiger partial charge in [0.05, 0.1) is 18.2 Å². The van der Waals surface area contributed by atoms with Crippen LogP contribution in [0.1, 0.15) is 41.0 Å². The summed E-state index contributed by atoms with van der Waals surface area (Å²) in [5.74, 6) is -0.529. The van der Waals surface area contributed by atoms with Gasteiger partial charge >= 0.3 is 5.97 Å². The van der Waals surface area contributed by atoms with Gasteiger partial charge in [0.2, 0.25) is 0 Å². The Kier molecular flexibility index (Phi) is 3.85. The number of imidazole rings is 1. The average Bonchev–Trinajstić information content (AvgIpc) is 2.91. The molecule has 0 amide bonds. The number of carboxylic acid groups (broad SMARTS) is 1. The lowest BCUT2D eigenvalue weighted by Crippen LogP contribution is -2.08. The van der Waals surface area contributed by atoms with Crippen molar-refractivity contribution in [1.29, 1.82) is 0 Å². The van der Waals surface area contributed by atoms with E-state index >= 15 is 0 Å². The van der Waals surface area contributed by atoms with Gasteiger partial charge in [0, 0.05) is 11.9 Å². The third kappa shape index (κ3) is 3.01. The molecule has 5 nitrogen and oxygen atoms in total. The van der Waals surface area contributed by atoms with Crippen molar-refractivity contribution in [2.45, 2.75) is 32.8 Å². The Morgan fingerprint density at radius 2 is 2.20 bits per heavy atom. The minimum Gasteiger partial charge on any atom is -0.486 e. The second kappa shape index (κ2) is 5.28. The Balaban J connectivity index is 2.24. The topological polar surface area (TPSA) is 64.4 Å². The Hall–Kier alpha value is -1.82. The molecule has 0 radical (unpaired) electrons. The number of thiophene rings is 1. The second-order valence-corrected chi connectivity index (χ2v) is 6.70. The van der Waals surface area contributed by atoms with Crippen molar-refractivity contribution in [1.82, 2.24) is 9.55 Å². The molecular formula is C14H18N2O3S. The van der Waals surface area contributed by atoms with Crippen LogP contribution in [0.5, 0.6) is 5.75 Å². The number of hydrogen-bond acceptors (Lipinski definition) is 4. The summed E-state index contributed by atoms with van der Waals surface area (Å²) in [4.78, 5) is 16.6. The molecular weight excluding hydrogens is 276 g/mol. The van der Waals surface area contributed by atoms with Gasteiger partial charge in [-0.1, -0.05) is 20.8 Å². The largest absolute Gasteiger partial charge is 0.486 e. The fourth-order valence-electron chi connectivity index (χ4n) is 1.68. The second-order valence-electron chi connectivity index (χ2n) is 5.64. The Labute approximate surface area is 121 Å². The monoisotopic (exact) mass is 294 g/mol. The normalized spacial score (nSPS) is 11.6. The van der Waals surface area contributed by atoms with Crippen LogP contribution in [0.3, 0.4) is 0 Å². The van der Waals surface area contributed by atoms with Gasteiger partial charge in [-0.3, -0.25) is 0 Å². The number of aromatic carboxylic acids is 1. The molecule has 2 heterocycles. The van der Waals surface area contributed by atoms with Crippen molar-refractivity contribution in [3.8, 4) is 5.75 Å². The maximum atomic E-state index is 11.3. The van der Waals surface area contributed by atoms with E-state index < -0.39 is 5.97 Å². The molecule has 20 heavy (non-hydrogen) atoms. The summed E-state index contributed by atoms with van der Waals surface area (Å²) in [6, 6.07) is 1.82. The third-order valence-corrected chi connectivity index (χ3v) is 4.45. The molecule has 0 spiro atoms. The number of nitrogens with zero attached hydrogens (tertiary/aromatic N) is 2. The number of carbonyl (C=O) groups is 1. The summed E-state index contributed by atoms with van der Waals surface area (Å²) in [7, 11) is 1.87. The smallest absolute Gasteiger partial charge is 0.349 e. The molecule has 0 atom stereocenters. The van der Waals surface area contributed by atoms with Gasteiger partial charge in [-0.15, -0.1) is 11.3 Å². The highest BCUT2D eigenvalue weighted by atomic mass is 32.1. The first-order valence-corrected chi connectivity index (χ1v) is 7.06. The molecule has 6 heteroatoms. The summed E-state index contributed by atoms with van der Waals surface area (Å²) in [5, 5.41) is 9.27. The molecule has 108 valence electrons. The summed E-state index contributed by atoms with van der Waals surface area (Å²) in [6.07, 6.45) is 3.39. The first-order chi connectivity index (χ1) is 9.29. The molecule has 0 aliphatic carbocycles. The number of carboxylic acids is 1. The van der Waals surface area contributed by atoms with Crippen LogP contribution in [0.2, 0.25) is 0 Å². The zero-order valence-electron chi connectivity index (χ0n) is 12.0. The summed E-state index contributed by atoms with van der Waals surface area (Å²) in [6.45, 7) is 6.46. The quantitative estimate of drug-likeness (QED) is 0.941. The maximum Gasteiger partial charge on any atom is 0.349 e. The number of rotatable bonds is 4. The van der Waals surface area contributed by atoms with E-state index in [2.05, 4.69) is 25.8 Å². The molecule has 0 saturated carbocycles. The van der Waals surface area contributed by atoms with Gasteiger partial charge in [0.1, 0.15) is 12.4 Å². The van der Waals surface area contributed by atoms with Crippen LogP contribution in [-0.4, -0.2) is 20.6 Å². The van der Waals surface area contributed by atoms with Gasteiger partial charge in [-0.05, 0) is 11.5 Å². The van der Waals surface area contributed by atoms with Crippen LogP contribution in [0.25, 0.3) is 0 Å². The van der Waals surface area contributed by atoms with E-state index in [0.29, 0.717) is 12.4 Å². The van der Waals surface area contributed by atoms with Crippen LogP contribution in [0.4, 0.5) is 0 Å². The molecule has 1 N–H and O–H groups in total. The molecule has 0 bridgehead atoms. The first-order valence-electron chi connectivity index (χ1n) is 6.24. The molecule has 2 aromatic rings. The molecule has 0 aliphatic heterocycles. The van der Waals surface area contributed by atoms with Crippen molar-refractivity contribution in [2.75, 3.05) is 0 Å². The number of hydrogen-bond donors (Lipinski definition) is 1. The third-order valence-electron chi connectivity index (χ3n) is 2.92. The lowest BCUT2D eigenvalue weighted by molar-refractivity contribution is 0.0697. The average molecular weight is 294 g/mol. The van der Waals surface area contributed by atoms with Crippen LogP contribution in [0.15, 0.2) is 18.6 Å². The van der Waals surface area contributed by atoms with E-state index in [-0.39, 0.29) is 10.3 Å². The maximum absolute atomic E-state index is 11.3. The molecule has 0 fully saturated rings. The predicted octanol–water partition coefficient (Wildman–Crippen LogP) is 3.06. The highest BCUT2D eigenvalue weighted by Gasteiger charge is 2.23. The van der Waals surface area contributed by atoms with E-state index in [0.717, 1.165) is 10.6 Å². The van der Waals surface area contributed by atoms with E-state index in [1.165, 1.54) is 11.3 Å². The Bertz CT molecular complexity index is 623. The molecule has 0 saturated heterocycles. The predicted molar refractivity (Wildman–Crippen MR) is 77.5 cm³/mol. The van der Waals surface area contributed by atoms with Gasteiger partial charge < -0.3 is 14.4 Å². The number of aromatic nitrogens is 2. The van der Waals surface area contributed by atoms with Crippen molar-refractivity contribution in [2.24, 2.45) is 7.05 Å². The van der Waals surface area contributed by atoms with Crippen molar-refractivity contribution in [3.05, 3.63) is 34.0 Å². The molecule has 2 aromatic heterocycles. The zero-order chi connectivity index (χ0) is 14.9. The van der Waals surface area contributed by atoms with E-state index in [9.17, 15) is 9.90 Å². The van der Waals surface area contributed by atoms with Crippen molar-refractivity contribution in [3.63, 3.8) is 0 Å². The minimum absolute atomic E-state index is 0.0942. The van der Waals surface area contributed by atoms with Crippen molar-refractivity contribution >= 4 is 17.3 Å². The van der Waals surface area contributed by atoms with Gasteiger partial charge in [0.25, 0.3) is 0 Å². The van der Waals surface area contributed by atoms with Crippen LogP contribution < -0.4 is 4.74 Å². The van der Waals surface area contributed by atoms with E-state index in [1.807, 2.05) is 17.7 Å². The van der Waals surface area contributed by atoms with Crippen molar-refractivity contribution < 1.29 is 14.6 Å². The van der Waals surface area contributed by atoms with E-state index in [1.54, 1.807) is 12.5 Å². The summed E-state index contributed by atoms with van der Waals surface area (Å²) < 4.78 is 7.51. The minimum atomic E-state index is -0.953. The van der Waals surface area contributed by atoms with Gasteiger partial charge in [-0.25, -0.2) is 9.78 Å².